The molecule has 2 rings (SSSR count). The largest absolute Gasteiger partial charge is 0.311 e. The molecule has 1 fully saturated rings. The summed E-state index contributed by atoms with van der Waals surface area (Å²) in [5.41, 5.74) is 0.905. The van der Waals surface area contributed by atoms with Crippen molar-refractivity contribution in [1.29, 1.82) is 0 Å². The zero-order valence-electron chi connectivity index (χ0n) is 12.5. The van der Waals surface area contributed by atoms with Gasteiger partial charge in [-0.1, -0.05) is 34.6 Å². The van der Waals surface area contributed by atoms with Gasteiger partial charge in [0.15, 0.2) is 0 Å². The van der Waals surface area contributed by atoms with Crippen molar-refractivity contribution in [3.63, 3.8) is 0 Å². The van der Waals surface area contributed by atoms with E-state index in [0.717, 1.165) is 12.5 Å². The summed E-state index contributed by atoms with van der Waals surface area (Å²) in [6.45, 7) is 13.8. The fourth-order valence-electron chi connectivity index (χ4n) is 2.43. The molecule has 0 aromatic carbocycles. The van der Waals surface area contributed by atoms with Crippen molar-refractivity contribution < 1.29 is 0 Å². The molecule has 102 valence electrons. The van der Waals surface area contributed by atoms with Crippen LogP contribution in [0.15, 0.2) is 12.1 Å². The van der Waals surface area contributed by atoms with Gasteiger partial charge < -0.3 is 5.32 Å². The summed E-state index contributed by atoms with van der Waals surface area (Å²) < 4.78 is 0. The topological polar surface area (TPSA) is 12.0 Å². The third-order valence-electron chi connectivity index (χ3n) is 4.29. The van der Waals surface area contributed by atoms with Gasteiger partial charge in [-0.3, -0.25) is 0 Å². The van der Waals surface area contributed by atoms with Crippen molar-refractivity contribution in [2.45, 2.75) is 59.4 Å². The van der Waals surface area contributed by atoms with E-state index in [1.54, 1.807) is 0 Å². The molecule has 0 saturated heterocycles. The van der Waals surface area contributed by atoms with Gasteiger partial charge in [0.25, 0.3) is 0 Å². The van der Waals surface area contributed by atoms with E-state index >= 15 is 0 Å². The third-order valence-corrected chi connectivity index (χ3v) is 5.81. The average molecular weight is 265 g/mol. The molecule has 0 spiro atoms. The van der Waals surface area contributed by atoms with Crippen molar-refractivity contribution in [1.82, 2.24) is 5.32 Å². The van der Waals surface area contributed by atoms with Crippen molar-refractivity contribution in [3.05, 3.63) is 21.9 Å². The Bertz CT molecular complexity index is 393. The third kappa shape index (κ3) is 3.16. The molecule has 0 unspecified atom stereocenters. The highest BCUT2D eigenvalue weighted by atomic mass is 32.1. The summed E-state index contributed by atoms with van der Waals surface area (Å²) in [6.07, 6.45) is 2.82. The lowest BCUT2D eigenvalue weighted by Crippen LogP contribution is -2.26. The standard InChI is InChI=1S/C16H27NS/c1-12(2)16(8-9-16)11-17-10-13-6-7-14(18-13)15(3,4)5/h6-7,12,17H,8-11H2,1-5H3. The fourth-order valence-corrected chi connectivity index (χ4v) is 3.46. The zero-order valence-corrected chi connectivity index (χ0v) is 13.3. The maximum atomic E-state index is 3.66. The quantitative estimate of drug-likeness (QED) is 0.822. The molecule has 1 N–H and O–H groups in total. The highest BCUT2D eigenvalue weighted by molar-refractivity contribution is 7.12. The van der Waals surface area contributed by atoms with E-state index in [0.29, 0.717) is 10.8 Å². The average Bonchev–Trinajstić information content (AvgIpc) is 2.87. The first-order valence-corrected chi connectivity index (χ1v) is 7.95. The molecule has 0 radical (unpaired) electrons. The van der Waals surface area contributed by atoms with Crippen LogP contribution in [-0.2, 0) is 12.0 Å². The predicted octanol–water partition coefficient (Wildman–Crippen LogP) is 4.57. The highest BCUT2D eigenvalue weighted by Crippen LogP contribution is 2.51. The summed E-state index contributed by atoms with van der Waals surface area (Å²) in [4.78, 5) is 2.96. The Morgan fingerprint density at radius 1 is 1.28 bits per heavy atom. The Morgan fingerprint density at radius 3 is 2.39 bits per heavy atom. The predicted molar refractivity (Wildman–Crippen MR) is 81.2 cm³/mol. The van der Waals surface area contributed by atoms with E-state index in [4.69, 9.17) is 0 Å². The lowest BCUT2D eigenvalue weighted by molar-refractivity contribution is 0.338. The molecule has 1 aliphatic rings. The van der Waals surface area contributed by atoms with Crippen LogP contribution in [0.4, 0.5) is 0 Å². The summed E-state index contributed by atoms with van der Waals surface area (Å²) in [7, 11) is 0. The number of thiophene rings is 1. The van der Waals surface area contributed by atoms with Crippen LogP contribution in [0.25, 0.3) is 0 Å². The van der Waals surface area contributed by atoms with Crippen LogP contribution in [0.5, 0.6) is 0 Å². The Hall–Kier alpha value is -0.340. The van der Waals surface area contributed by atoms with E-state index < -0.39 is 0 Å². The molecule has 1 saturated carbocycles. The minimum Gasteiger partial charge on any atom is -0.311 e. The molecule has 1 aromatic rings. The van der Waals surface area contributed by atoms with Crippen molar-refractivity contribution in [2.24, 2.45) is 11.3 Å². The van der Waals surface area contributed by atoms with Crippen LogP contribution in [0.3, 0.4) is 0 Å². The van der Waals surface area contributed by atoms with Crippen LogP contribution in [0.2, 0.25) is 0 Å². The highest BCUT2D eigenvalue weighted by Gasteiger charge is 2.44. The van der Waals surface area contributed by atoms with Gasteiger partial charge in [-0.15, -0.1) is 11.3 Å². The maximum absolute atomic E-state index is 3.66. The summed E-state index contributed by atoms with van der Waals surface area (Å²) >= 11 is 1.96. The number of rotatable bonds is 5. The second-order valence-corrected chi connectivity index (χ2v) is 8.30. The van der Waals surface area contributed by atoms with E-state index in [9.17, 15) is 0 Å². The first kappa shape index (κ1) is 14.1. The summed E-state index contributed by atoms with van der Waals surface area (Å²) in [6, 6.07) is 4.57. The summed E-state index contributed by atoms with van der Waals surface area (Å²) in [5, 5.41) is 3.66. The maximum Gasteiger partial charge on any atom is 0.0300 e. The molecule has 18 heavy (non-hydrogen) atoms. The van der Waals surface area contributed by atoms with Gasteiger partial charge in [-0.05, 0) is 41.7 Å². The van der Waals surface area contributed by atoms with Crippen LogP contribution in [0, 0.1) is 11.3 Å². The van der Waals surface area contributed by atoms with Gasteiger partial charge >= 0.3 is 0 Å². The minimum absolute atomic E-state index is 0.290. The second kappa shape index (κ2) is 4.97. The SMILES string of the molecule is CC(C)C1(CNCc2ccc(C(C)(C)C)s2)CC1. The first-order chi connectivity index (χ1) is 8.33. The van der Waals surface area contributed by atoms with Crippen LogP contribution in [0.1, 0.15) is 57.2 Å². The molecular formula is C16H27NS. The zero-order chi connectivity index (χ0) is 13.4. The molecule has 0 aliphatic heterocycles. The van der Waals surface area contributed by atoms with Gasteiger partial charge in [0.2, 0.25) is 0 Å². The van der Waals surface area contributed by atoms with Crippen LogP contribution < -0.4 is 5.32 Å². The van der Waals surface area contributed by atoms with Gasteiger partial charge in [0.05, 0.1) is 0 Å². The molecule has 0 amide bonds. The van der Waals surface area contributed by atoms with E-state index in [1.807, 2.05) is 11.3 Å². The smallest absolute Gasteiger partial charge is 0.0300 e. The number of hydrogen-bond donors (Lipinski definition) is 1. The Morgan fingerprint density at radius 2 is 1.94 bits per heavy atom. The fraction of sp³-hybridized carbons (Fsp3) is 0.750. The molecule has 1 aromatic heterocycles. The van der Waals surface area contributed by atoms with Crippen molar-refractivity contribution in [3.8, 4) is 0 Å². The Balaban J connectivity index is 1.83. The minimum atomic E-state index is 0.290. The van der Waals surface area contributed by atoms with Crippen LogP contribution >= 0.6 is 11.3 Å². The van der Waals surface area contributed by atoms with Crippen molar-refractivity contribution >= 4 is 11.3 Å². The molecular weight excluding hydrogens is 238 g/mol. The van der Waals surface area contributed by atoms with E-state index in [2.05, 4.69) is 52.1 Å². The first-order valence-electron chi connectivity index (χ1n) is 7.13. The van der Waals surface area contributed by atoms with Crippen molar-refractivity contribution in [2.75, 3.05) is 6.54 Å². The molecule has 0 atom stereocenters. The molecule has 0 bridgehead atoms. The van der Waals surface area contributed by atoms with Gasteiger partial charge in [-0.25, -0.2) is 0 Å². The van der Waals surface area contributed by atoms with E-state index in [1.165, 1.54) is 29.1 Å². The molecule has 1 nitrogen and oxygen atoms in total. The molecule has 1 heterocycles. The van der Waals surface area contributed by atoms with Gasteiger partial charge in [0.1, 0.15) is 0 Å². The molecule has 1 aliphatic carbocycles. The Labute approximate surface area is 116 Å². The number of hydrogen-bond acceptors (Lipinski definition) is 2. The van der Waals surface area contributed by atoms with Gasteiger partial charge in [0, 0.05) is 22.8 Å². The lowest BCUT2D eigenvalue weighted by Gasteiger charge is -2.19. The number of nitrogens with one attached hydrogen (secondary N) is 1. The summed E-state index contributed by atoms with van der Waals surface area (Å²) in [5.74, 6) is 0.818. The monoisotopic (exact) mass is 265 g/mol. The van der Waals surface area contributed by atoms with Gasteiger partial charge in [-0.2, -0.15) is 0 Å². The Kier molecular flexibility index (Phi) is 3.89. The lowest BCUT2D eigenvalue weighted by atomic mass is 9.92. The second-order valence-electron chi connectivity index (χ2n) is 7.14. The van der Waals surface area contributed by atoms with Crippen LogP contribution in [-0.4, -0.2) is 6.54 Å². The molecule has 2 heteroatoms. The van der Waals surface area contributed by atoms with E-state index in [-0.39, 0.29) is 0 Å². The normalized spacial score (nSPS) is 18.3.